The fourth-order valence-corrected chi connectivity index (χ4v) is 0.781. The van der Waals surface area contributed by atoms with Crippen LogP contribution in [0, 0.1) is 0 Å². The Hall–Kier alpha value is -0.220. The van der Waals surface area contributed by atoms with Gasteiger partial charge >= 0.3 is 6.11 Å². The van der Waals surface area contributed by atoms with Gasteiger partial charge < -0.3 is 10.5 Å². The molecule has 0 aliphatic heterocycles. The summed E-state index contributed by atoms with van der Waals surface area (Å²) in [6.07, 6.45) is -0.875. The van der Waals surface area contributed by atoms with Crippen molar-refractivity contribution in [2.75, 3.05) is 6.54 Å². The average molecular weight is 151 g/mol. The van der Waals surface area contributed by atoms with Gasteiger partial charge in [-0.2, -0.15) is 8.78 Å². The van der Waals surface area contributed by atoms with Gasteiger partial charge in [-0.1, -0.05) is 0 Å². The van der Waals surface area contributed by atoms with Crippen molar-refractivity contribution in [3.05, 3.63) is 0 Å². The minimum atomic E-state index is -3.11. The molecule has 1 saturated carbocycles. The summed E-state index contributed by atoms with van der Waals surface area (Å²) in [6, 6.07) is 0. The molecule has 1 rings (SSSR count). The molecule has 1 aliphatic rings. The molecule has 1 aliphatic carbocycles. The summed E-state index contributed by atoms with van der Waals surface area (Å²) >= 11 is 0. The lowest BCUT2D eigenvalue weighted by molar-refractivity contribution is -0.266. The molecule has 0 aromatic heterocycles. The first-order valence-electron chi connectivity index (χ1n) is 3.40. The predicted molar refractivity (Wildman–Crippen MR) is 32.7 cm³/mol. The monoisotopic (exact) mass is 151 g/mol. The summed E-state index contributed by atoms with van der Waals surface area (Å²) in [7, 11) is 0. The smallest absolute Gasteiger partial charge is 0.323 e. The molecule has 0 spiro atoms. The molecule has 0 radical (unpaired) electrons. The van der Waals surface area contributed by atoms with E-state index in [4.69, 9.17) is 5.73 Å². The highest BCUT2D eigenvalue weighted by Gasteiger charge is 2.34. The van der Waals surface area contributed by atoms with E-state index in [9.17, 15) is 8.78 Å². The average Bonchev–Trinajstić information content (AvgIpc) is 1.80. The van der Waals surface area contributed by atoms with Crippen molar-refractivity contribution in [3.63, 3.8) is 0 Å². The largest absolute Gasteiger partial charge is 0.368 e. The van der Waals surface area contributed by atoms with Crippen LogP contribution in [0.1, 0.15) is 19.3 Å². The maximum absolute atomic E-state index is 12.3. The lowest BCUT2D eigenvalue weighted by Gasteiger charge is -2.29. The molecule has 0 aromatic carbocycles. The van der Waals surface area contributed by atoms with E-state index in [1.807, 2.05) is 0 Å². The molecule has 0 bridgehead atoms. The summed E-state index contributed by atoms with van der Waals surface area (Å²) in [4.78, 5) is 0. The van der Waals surface area contributed by atoms with Gasteiger partial charge in [0.05, 0.1) is 12.6 Å². The number of halogens is 2. The van der Waals surface area contributed by atoms with Crippen LogP contribution < -0.4 is 5.73 Å². The Morgan fingerprint density at radius 3 is 2.40 bits per heavy atom. The van der Waals surface area contributed by atoms with Crippen LogP contribution in [0.15, 0.2) is 0 Å². The van der Waals surface area contributed by atoms with E-state index < -0.39 is 12.7 Å². The van der Waals surface area contributed by atoms with Crippen molar-refractivity contribution in [1.29, 1.82) is 0 Å². The van der Waals surface area contributed by atoms with E-state index in [1.165, 1.54) is 0 Å². The van der Waals surface area contributed by atoms with Gasteiger partial charge in [-0.05, 0) is 19.3 Å². The maximum Gasteiger partial charge on any atom is 0.368 e. The second-order valence-corrected chi connectivity index (χ2v) is 2.51. The molecular formula is C6H11F2NO. The molecule has 0 saturated heterocycles. The SMILES string of the molecule is NCC(F)(F)OC1CCC1. The van der Waals surface area contributed by atoms with Crippen molar-refractivity contribution in [2.45, 2.75) is 31.5 Å². The van der Waals surface area contributed by atoms with Crippen LogP contribution in [-0.4, -0.2) is 18.8 Å². The number of nitrogens with two attached hydrogens (primary N) is 1. The first kappa shape index (κ1) is 7.88. The third-order valence-corrected chi connectivity index (χ3v) is 1.63. The molecule has 0 unspecified atom stereocenters. The fourth-order valence-electron chi connectivity index (χ4n) is 0.781. The maximum atomic E-state index is 12.3. The highest BCUT2D eigenvalue weighted by atomic mass is 19.3. The minimum Gasteiger partial charge on any atom is -0.323 e. The standard InChI is InChI=1S/C6H11F2NO/c7-6(8,4-9)10-5-2-1-3-5/h5H,1-4,9H2. The van der Waals surface area contributed by atoms with E-state index in [0.717, 1.165) is 19.3 Å². The van der Waals surface area contributed by atoms with Gasteiger partial charge in [0, 0.05) is 0 Å². The Labute approximate surface area is 58.3 Å². The van der Waals surface area contributed by atoms with Crippen LogP contribution in [-0.2, 0) is 4.74 Å². The number of rotatable bonds is 3. The van der Waals surface area contributed by atoms with Crippen molar-refractivity contribution >= 4 is 0 Å². The molecule has 4 heteroatoms. The molecule has 2 nitrogen and oxygen atoms in total. The second kappa shape index (κ2) is 2.80. The van der Waals surface area contributed by atoms with Gasteiger partial charge in [0.15, 0.2) is 0 Å². The fraction of sp³-hybridized carbons (Fsp3) is 1.00. The molecule has 0 heterocycles. The zero-order valence-corrected chi connectivity index (χ0v) is 5.65. The minimum absolute atomic E-state index is 0.251. The molecule has 10 heavy (non-hydrogen) atoms. The van der Waals surface area contributed by atoms with Gasteiger partial charge in [-0.15, -0.1) is 0 Å². The number of hydrogen-bond donors (Lipinski definition) is 1. The summed E-state index contributed by atoms with van der Waals surface area (Å²) in [5.74, 6) is 0. The van der Waals surface area contributed by atoms with E-state index in [2.05, 4.69) is 4.74 Å². The number of ether oxygens (including phenoxy) is 1. The predicted octanol–water partition coefficient (Wildman–Crippen LogP) is 1.11. The molecule has 0 amide bonds. The summed E-state index contributed by atoms with van der Waals surface area (Å²) in [5, 5.41) is 0. The second-order valence-electron chi connectivity index (χ2n) is 2.51. The van der Waals surface area contributed by atoms with Gasteiger partial charge in [0.2, 0.25) is 0 Å². The van der Waals surface area contributed by atoms with E-state index in [1.54, 1.807) is 0 Å². The zero-order valence-electron chi connectivity index (χ0n) is 5.65. The van der Waals surface area contributed by atoms with E-state index in [-0.39, 0.29) is 6.10 Å². The van der Waals surface area contributed by atoms with Crippen molar-refractivity contribution in [3.8, 4) is 0 Å². The van der Waals surface area contributed by atoms with Crippen LogP contribution in [0.2, 0.25) is 0 Å². The summed E-state index contributed by atoms with van der Waals surface area (Å²) in [5.41, 5.74) is 4.76. The van der Waals surface area contributed by atoms with E-state index >= 15 is 0 Å². The third-order valence-electron chi connectivity index (χ3n) is 1.63. The molecule has 60 valence electrons. The highest BCUT2D eigenvalue weighted by molar-refractivity contribution is 4.71. The zero-order chi connectivity index (χ0) is 7.61. The Morgan fingerprint density at radius 1 is 1.50 bits per heavy atom. The molecule has 0 aromatic rings. The topological polar surface area (TPSA) is 35.2 Å². The van der Waals surface area contributed by atoms with Gasteiger partial charge in [0.1, 0.15) is 0 Å². The molecule has 2 N–H and O–H groups in total. The van der Waals surface area contributed by atoms with Crippen LogP contribution in [0.3, 0.4) is 0 Å². The first-order chi connectivity index (χ1) is 4.64. The van der Waals surface area contributed by atoms with Gasteiger partial charge in [-0.25, -0.2) is 0 Å². The summed E-state index contributed by atoms with van der Waals surface area (Å²) < 4.78 is 28.9. The molecule has 0 atom stereocenters. The Kier molecular flexibility index (Phi) is 2.21. The third kappa shape index (κ3) is 1.88. The highest BCUT2D eigenvalue weighted by Crippen LogP contribution is 2.28. The van der Waals surface area contributed by atoms with Crippen molar-refractivity contribution in [1.82, 2.24) is 0 Å². The van der Waals surface area contributed by atoms with Crippen LogP contribution in [0.4, 0.5) is 8.78 Å². The van der Waals surface area contributed by atoms with E-state index in [0.29, 0.717) is 0 Å². The lowest BCUT2D eigenvalue weighted by Crippen LogP contribution is -2.37. The Balaban J connectivity index is 2.21. The normalized spacial score (nSPS) is 20.7. The number of alkyl halides is 2. The van der Waals surface area contributed by atoms with Crippen LogP contribution in [0.5, 0.6) is 0 Å². The van der Waals surface area contributed by atoms with Crippen molar-refractivity contribution in [2.24, 2.45) is 5.73 Å². The van der Waals surface area contributed by atoms with Crippen LogP contribution >= 0.6 is 0 Å². The quantitative estimate of drug-likeness (QED) is 0.655. The van der Waals surface area contributed by atoms with Crippen LogP contribution in [0.25, 0.3) is 0 Å². The summed E-state index contributed by atoms with van der Waals surface area (Å²) in [6.45, 7) is -0.719. The number of hydrogen-bond acceptors (Lipinski definition) is 2. The van der Waals surface area contributed by atoms with Gasteiger partial charge in [0.25, 0.3) is 0 Å². The molecule has 1 fully saturated rings. The molecular weight excluding hydrogens is 140 g/mol. The Bertz CT molecular complexity index is 114. The Morgan fingerprint density at radius 2 is 2.10 bits per heavy atom. The van der Waals surface area contributed by atoms with Gasteiger partial charge in [-0.3, -0.25) is 0 Å². The van der Waals surface area contributed by atoms with Crippen molar-refractivity contribution < 1.29 is 13.5 Å². The lowest BCUT2D eigenvalue weighted by atomic mass is 9.96. The first-order valence-corrected chi connectivity index (χ1v) is 3.40.